The van der Waals surface area contributed by atoms with Crippen molar-refractivity contribution in [2.45, 2.75) is 0 Å². The predicted octanol–water partition coefficient (Wildman–Crippen LogP) is 14.6. The molecule has 274 valence electrons. The van der Waals surface area contributed by atoms with Crippen molar-refractivity contribution in [3.63, 3.8) is 0 Å². The van der Waals surface area contributed by atoms with Crippen molar-refractivity contribution in [3.8, 4) is 56.5 Å². The fraction of sp³-hybridized carbons (Fsp3) is 0. The lowest BCUT2D eigenvalue weighted by Crippen LogP contribution is -2.00. The molecule has 12 aromatic rings. The van der Waals surface area contributed by atoms with Gasteiger partial charge in [0.2, 0.25) is 0 Å². The number of hydrogen-bond acceptors (Lipinski definition) is 5. The largest absolute Gasteiger partial charge is 0.247 e. The minimum absolute atomic E-state index is 0.636. The number of nitrogens with zero attached hydrogens (tertiary/aromatic N) is 4. The van der Waals surface area contributed by atoms with Crippen LogP contribution in [0.1, 0.15) is 0 Å². The van der Waals surface area contributed by atoms with Gasteiger partial charge in [-0.05, 0) is 61.6 Å². The molecule has 0 radical (unpaired) electrons. The third-order valence-corrected chi connectivity index (χ3v) is 12.7. The number of pyridine rings is 1. The van der Waals surface area contributed by atoms with E-state index in [0.717, 1.165) is 50.0 Å². The molecule has 0 saturated carbocycles. The Labute approximate surface area is 343 Å². The molecule has 0 aliphatic carbocycles. The number of rotatable bonds is 5. The van der Waals surface area contributed by atoms with Gasteiger partial charge in [-0.25, -0.2) is 19.9 Å². The summed E-state index contributed by atoms with van der Waals surface area (Å²) in [7, 11) is 0. The maximum Gasteiger partial charge on any atom is 0.164 e. The smallest absolute Gasteiger partial charge is 0.164 e. The zero-order valence-electron chi connectivity index (χ0n) is 31.7. The highest BCUT2D eigenvalue weighted by molar-refractivity contribution is 7.26. The zero-order chi connectivity index (χ0) is 38.9. The molecule has 3 heterocycles. The Morgan fingerprint density at radius 3 is 1.34 bits per heavy atom. The van der Waals surface area contributed by atoms with Gasteiger partial charge in [0.1, 0.15) is 0 Å². The van der Waals surface area contributed by atoms with E-state index in [1.54, 1.807) is 0 Å². The summed E-state index contributed by atoms with van der Waals surface area (Å²) in [6, 6.07) is 68.6. The average molecular weight is 769 g/mol. The summed E-state index contributed by atoms with van der Waals surface area (Å²) in [5.74, 6) is 1.93. The maximum absolute atomic E-state index is 5.55. The van der Waals surface area contributed by atoms with E-state index in [9.17, 15) is 0 Å². The van der Waals surface area contributed by atoms with Gasteiger partial charge in [0.05, 0.1) is 11.2 Å². The molecular weight excluding hydrogens is 737 g/mol. The van der Waals surface area contributed by atoms with Gasteiger partial charge >= 0.3 is 0 Å². The normalized spacial score (nSPS) is 11.7. The first-order valence-corrected chi connectivity index (χ1v) is 20.6. The van der Waals surface area contributed by atoms with Crippen molar-refractivity contribution in [1.82, 2.24) is 19.9 Å². The minimum atomic E-state index is 0.636. The van der Waals surface area contributed by atoms with Crippen LogP contribution in [0.15, 0.2) is 194 Å². The van der Waals surface area contributed by atoms with Gasteiger partial charge in [-0.15, -0.1) is 11.3 Å². The summed E-state index contributed by atoms with van der Waals surface area (Å²) in [5, 5.41) is 11.2. The molecule has 0 unspecified atom stereocenters. The summed E-state index contributed by atoms with van der Waals surface area (Å²) in [4.78, 5) is 20.3. The molecular formula is C54H32N4S. The number of fused-ring (bicyclic) bond motifs is 11. The number of thiophene rings is 1. The third-order valence-electron chi connectivity index (χ3n) is 11.5. The van der Waals surface area contributed by atoms with Crippen LogP contribution in [0.4, 0.5) is 0 Å². The van der Waals surface area contributed by atoms with Crippen LogP contribution in [0.2, 0.25) is 0 Å². The fourth-order valence-corrected chi connectivity index (χ4v) is 9.89. The van der Waals surface area contributed by atoms with Crippen LogP contribution in [0, 0.1) is 0 Å². The summed E-state index contributed by atoms with van der Waals surface area (Å²) < 4.78 is 2.52. The molecule has 0 atom stereocenters. The van der Waals surface area contributed by atoms with E-state index in [-0.39, 0.29) is 0 Å². The van der Waals surface area contributed by atoms with Crippen molar-refractivity contribution in [3.05, 3.63) is 194 Å². The van der Waals surface area contributed by atoms with Crippen LogP contribution < -0.4 is 0 Å². The van der Waals surface area contributed by atoms with Gasteiger partial charge in [-0.3, -0.25) is 0 Å². The van der Waals surface area contributed by atoms with Crippen LogP contribution >= 0.6 is 11.3 Å². The monoisotopic (exact) mass is 768 g/mol. The van der Waals surface area contributed by atoms with Crippen LogP contribution in [-0.2, 0) is 0 Å². The minimum Gasteiger partial charge on any atom is -0.247 e. The zero-order valence-corrected chi connectivity index (χ0v) is 32.5. The molecule has 9 aromatic carbocycles. The molecule has 0 bridgehead atoms. The van der Waals surface area contributed by atoms with Crippen molar-refractivity contribution in [2.24, 2.45) is 0 Å². The Balaban J connectivity index is 1.00. The van der Waals surface area contributed by atoms with Gasteiger partial charge in [-0.1, -0.05) is 176 Å². The molecule has 12 rings (SSSR count). The molecule has 0 aliphatic rings. The lowest BCUT2D eigenvalue weighted by molar-refractivity contribution is 1.07. The van der Waals surface area contributed by atoms with Crippen molar-refractivity contribution >= 4 is 74.7 Å². The fourth-order valence-electron chi connectivity index (χ4n) is 8.66. The number of benzene rings is 9. The van der Waals surface area contributed by atoms with Gasteiger partial charge in [0.15, 0.2) is 17.5 Å². The molecule has 5 heteroatoms. The Morgan fingerprint density at radius 1 is 0.288 bits per heavy atom. The van der Waals surface area contributed by atoms with E-state index in [1.807, 2.05) is 72.0 Å². The Bertz CT molecular complexity index is 3500. The second kappa shape index (κ2) is 13.5. The van der Waals surface area contributed by atoms with E-state index in [0.29, 0.717) is 17.5 Å². The topological polar surface area (TPSA) is 51.6 Å². The molecule has 0 N–H and O–H groups in total. The van der Waals surface area contributed by atoms with Crippen molar-refractivity contribution < 1.29 is 0 Å². The highest BCUT2D eigenvalue weighted by atomic mass is 32.1. The first-order chi connectivity index (χ1) is 29.2. The molecule has 3 aromatic heterocycles. The number of aromatic nitrogens is 4. The van der Waals surface area contributed by atoms with Crippen LogP contribution in [0.3, 0.4) is 0 Å². The molecule has 0 spiro atoms. The maximum atomic E-state index is 5.55. The average Bonchev–Trinajstić information content (AvgIpc) is 3.72. The Morgan fingerprint density at radius 2 is 0.729 bits per heavy atom. The van der Waals surface area contributed by atoms with Crippen LogP contribution in [0.5, 0.6) is 0 Å². The van der Waals surface area contributed by atoms with Crippen molar-refractivity contribution in [2.75, 3.05) is 0 Å². The van der Waals surface area contributed by atoms with Crippen LogP contribution in [-0.4, -0.2) is 19.9 Å². The third kappa shape index (κ3) is 5.58. The summed E-state index contributed by atoms with van der Waals surface area (Å²) >= 11 is 1.85. The van der Waals surface area contributed by atoms with E-state index in [4.69, 9.17) is 19.9 Å². The molecule has 0 saturated heterocycles. The summed E-state index contributed by atoms with van der Waals surface area (Å²) in [6.07, 6.45) is 0. The van der Waals surface area contributed by atoms with Gasteiger partial charge in [0.25, 0.3) is 0 Å². The first kappa shape index (κ1) is 33.5. The van der Waals surface area contributed by atoms with E-state index < -0.39 is 0 Å². The lowest BCUT2D eigenvalue weighted by atomic mass is 9.92. The summed E-state index contributed by atoms with van der Waals surface area (Å²) in [6.45, 7) is 0. The predicted molar refractivity (Wildman–Crippen MR) is 248 cm³/mol. The Hall–Kier alpha value is -7.60. The van der Waals surface area contributed by atoms with Gasteiger partial charge < -0.3 is 0 Å². The second-order valence-electron chi connectivity index (χ2n) is 15.0. The van der Waals surface area contributed by atoms with Gasteiger partial charge in [-0.2, -0.15) is 0 Å². The molecule has 0 fully saturated rings. The highest BCUT2D eigenvalue weighted by Crippen LogP contribution is 2.45. The first-order valence-electron chi connectivity index (χ1n) is 19.8. The Kier molecular flexibility index (Phi) is 7.68. The van der Waals surface area contributed by atoms with Crippen molar-refractivity contribution in [1.29, 1.82) is 0 Å². The summed E-state index contributed by atoms with van der Waals surface area (Å²) in [5.41, 5.74) is 8.12. The molecule has 0 aliphatic heterocycles. The second-order valence-corrected chi connectivity index (χ2v) is 16.0. The lowest BCUT2D eigenvalue weighted by Gasteiger charge is -2.13. The molecule has 0 amide bonds. The van der Waals surface area contributed by atoms with E-state index >= 15 is 0 Å². The van der Waals surface area contributed by atoms with Crippen LogP contribution in [0.25, 0.3) is 120 Å². The molecule has 59 heavy (non-hydrogen) atoms. The van der Waals surface area contributed by atoms with E-state index in [1.165, 1.54) is 52.5 Å². The van der Waals surface area contributed by atoms with Gasteiger partial charge in [0, 0.05) is 47.8 Å². The number of hydrogen-bond donors (Lipinski definition) is 0. The highest BCUT2D eigenvalue weighted by Gasteiger charge is 2.19. The quantitative estimate of drug-likeness (QED) is 0.164. The standard InChI is InChI=1S/C54H32N4S/c1-3-13-34(14-4-1)52-56-53(35-15-5-2-6-16-35)58-54(57-52)36-25-23-33(24-26-36)37-27-30-44-47(32-37)55-50(49-45-21-11-12-22-48(45)59-51(44)49)38-28-29-43-41-19-8-7-17-39(41)40-18-9-10-20-42(40)46(43)31-38/h1-32H. The van der Waals surface area contributed by atoms with E-state index in [2.05, 4.69) is 133 Å². The SMILES string of the molecule is c1ccc(-c2nc(-c3ccccc3)nc(-c3ccc(-c4ccc5c(c4)nc(-c4ccc6c7ccccc7c7ccccc7c6c4)c4c6ccccc6sc54)cc3)n2)cc1. The molecule has 4 nitrogen and oxygen atoms in total.